The molecule has 0 aliphatic carbocycles. The zero-order valence-corrected chi connectivity index (χ0v) is 15.6. The summed E-state index contributed by atoms with van der Waals surface area (Å²) >= 11 is 0. The summed E-state index contributed by atoms with van der Waals surface area (Å²) in [5.74, 6) is -1.98. The Hall–Kier alpha value is -2.52. The van der Waals surface area contributed by atoms with Crippen molar-refractivity contribution in [2.45, 2.75) is 30.3 Å². The van der Waals surface area contributed by atoms with Gasteiger partial charge in [0.1, 0.15) is 22.6 Å². The zero-order valence-electron chi connectivity index (χ0n) is 14.8. The highest BCUT2D eigenvalue weighted by molar-refractivity contribution is 7.92. The van der Waals surface area contributed by atoms with Crippen LogP contribution in [-0.2, 0) is 26.0 Å². The van der Waals surface area contributed by atoms with Crippen LogP contribution in [0.2, 0.25) is 0 Å². The number of halogens is 2. The number of carbonyl (C=O) groups is 1. The van der Waals surface area contributed by atoms with Crippen LogP contribution < -0.4 is 9.62 Å². The van der Waals surface area contributed by atoms with Gasteiger partial charge in [-0.2, -0.15) is 0 Å². The van der Waals surface area contributed by atoms with E-state index in [9.17, 15) is 22.0 Å². The Kier molecular flexibility index (Phi) is 4.80. The molecular weight excluding hydrogens is 390 g/mol. The van der Waals surface area contributed by atoms with E-state index >= 15 is 0 Å². The topological polar surface area (TPSA) is 75.7 Å². The van der Waals surface area contributed by atoms with Crippen LogP contribution in [0.1, 0.15) is 18.4 Å². The van der Waals surface area contributed by atoms with Crippen LogP contribution in [0.25, 0.3) is 0 Å². The van der Waals surface area contributed by atoms with Gasteiger partial charge in [-0.05, 0) is 61.2 Å². The molecule has 0 radical (unpaired) electrons. The first-order valence-corrected chi connectivity index (χ1v) is 10.4. The van der Waals surface area contributed by atoms with Gasteiger partial charge in [-0.15, -0.1) is 0 Å². The molecule has 1 fully saturated rings. The molecule has 2 aromatic carbocycles. The number of hydrogen-bond acceptors (Lipinski definition) is 4. The number of rotatable bonds is 4. The Balaban J connectivity index is 1.57. The second-order valence-electron chi connectivity index (χ2n) is 6.77. The van der Waals surface area contributed by atoms with Gasteiger partial charge in [0.15, 0.2) is 0 Å². The highest BCUT2D eigenvalue weighted by Crippen LogP contribution is 2.33. The summed E-state index contributed by atoms with van der Waals surface area (Å²) in [4.78, 5) is 13.5. The van der Waals surface area contributed by atoms with Crippen molar-refractivity contribution in [3.8, 4) is 0 Å². The summed E-state index contributed by atoms with van der Waals surface area (Å²) in [7, 11) is -4.29. The second-order valence-corrected chi connectivity index (χ2v) is 8.42. The van der Waals surface area contributed by atoms with Crippen molar-refractivity contribution >= 4 is 27.3 Å². The van der Waals surface area contributed by atoms with Gasteiger partial charge in [-0.25, -0.2) is 17.2 Å². The third-order valence-corrected chi connectivity index (χ3v) is 6.28. The highest BCUT2D eigenvalue weighted by atomic mass is 32.2. The molecule has 2 heterocycles. The summed E-state index contributed by atoms with van der Waals surface area (Å²) in [5, 5.41) is 0. The van der Waals surface area contributed by atoms with E-state index < -0.39 is 32.7 Å². The van der Waals surface area contributed by atoms with E-state index in [0.717, 1.165) is 24.1 Å². The Morgan fingerprint density at radius 2 is 2.00 bits per heavy atom. The molecule has 4 rings (SSSR count). The summed E-state index contributed by atoms with van der Waals surface area (Å²) in [6.45, 7) is 1.07. The molecule has 0 spiro atoms. The number of fused-ring (bicyclic) bond motifs is 1. The maximum atomic E-state index is 13.8. The van der Waals surface area contributed by atoms with Gasteiger partial charge in [-0.3, -0.25) is 9.52 Å². The van der Waals surface area contributed by atoms with Gasteiger partial charge in [0.2, 0.25) is 0 Å². The highest BCUT2D eigenvalue weighted by Gasteiger charge is 2.33. The third kappa shape index (κ3) is 3.47. The van der Waals surface area contributed by atoms with Crippen LogP contribution in [0.15, 0.2) is 41.3 Å². The SMILES string of the molecule is O=C(C1CCCO1)N1CCc2cc(NS(=O)(=O)c3cc(F)ccc3F)ccc21. The van der Waals surface area contributed by atoms with E-state index in [2.05, 4.69) is 4.72 Å². The third-order valence-electron chi connectivity index (χ3n) is 4.88. The van der Waals surface area contributed by atoms with Gasteiger partial charge in [0.05, 0.1) is 0 Å². The number of anilines is 2. The van der Waals surface area contributed by atoms with Crippen LogP contribution in [0.3, 0.4) is 0 Å². The first-order chi connectivity index (χ1) is 13.3. The summed E-state index contributed by atoms with van der Waals surface area (Å²) in [6, 6.07) is 6.99. The maximum Gasteiger partial charge on any atom is 0.264 e. The van der Waals surface area contributed by atoms with E-state index in [-0.39, 0.29) is 11.6 Å². The molecule has 0 aromatic heterocycles. The average molecular weight is 408 g/mol. The Bertz CT molecular complexity index is 1040. The van der Waals surface area contributed by atoms with E-state index in [1.807, 2.05) is 0 Å². The lowest BCUT2D eigenvalue weighted by molar-refractivity contribution is -0.127. The van der Waals surface area contributed by atoms with Gasteiger partial charge in [-0.1, -0.05) is 0 Å². The monoisotopic (exact) mass is 408 g/mol. The van der Waals surface area contributed by atoms with Crippen LogP contribution >= 0.6 is 0 Å². The van der Waals surface area contributed by atoms with E-state index in [1.54, 1.807) is 17.0 Å². The van der Waals surface area contributed by atoms with Crippen molar-refractivity contribution in [3.05, 3.63) is 53.6 Å². The molecule has 9 heteroatoms. The number of benzene rings is 2. The molecule has 1 saturated heterocycles. The van der Waals surface area contributed by atoms with E-state index in [1.165, 1.54) is 6.07 Å². The molecule has 2 aromatic rings. The molecule has 2 aliphatic heterocycles. The molecule has 1 N–H and O–H groups in total. The van der Waals surface area contributed by atoms with Crippen molar-refractivity contribution in [2.24, 2.45) is 0 Å². The number of nitrogens with zero attached hydrogens (tertiary/aromatic N) is 1. The number of amides is 1. The Morgan fingerprint density at radius 1 is 1.18 bits per heavy atom. The lowest BCUT2D eigenvalue weighted by atomic mass is 10.1. The van der Waals surface area contributed by atoms with Crippen LogP contribution in [0.4, 0.5) is 20.2 Å². The summed E-state index contributed by atoms with van der Waals surface area (Å²) < 4.78 is 59.7. The molecule has 1 atom stereocenters. The minimum Gasteiger partial charge on any atom is -0.368 e. The Morgan fingerprint density at radius 3 is 2.75 bits per heavy atom. The molecule has 2 aliphatic rings. The smallest absolute Gasteiger partial charge is 0.264 e. The number of ether oxygens (including phenoxy) is 1. The lowest BCUT2D eigenvalue weighted by Crippen LogP contribution is -2.37. The first kappa shape index (κ1) is 18.8. The lowest BCUT2D eigenvalue weighted by Gasteiger charge is -2.21. The molecule has 28 heavy (non-hydrogen) atoms. The molecular formula is C19H18F2N2O4S. The van der Waals surface area contributed by atoms with Gasteiger partial charge in [0.25, 0.3) is 15.9 Å². The minimum atomic E-state index is -4.29. The van der Waals surface area contributed by atoms with Crippen molar-refractivity contribution in [3.63, 3.8) is 0 Å². The predicted octanol–water partition coefficient (Wildman–Crippen LogP) is 2.83. The number of hydrogen-bond donors (Lipinski definition) is 1. The first-order valence-electron chi connectivity index (χ1n) is 8.89. The van der Waals surface area contributed by atoms with Crippen LogP contribution in [-0.4, -0.2) is 33.6 Å². The van der Waals surface area contributed by atoms with Crippen LogP contribution in [0, 0.1) is 11.6 Å². The normalized spacial score (nSPS) is 18.9. The van der Waals surface area contributed by atoms with E-state index in [4.69, 9.17) is 4.74 Å². The number of sulfonamides is 1. The second kappa shape index (κ2) is 7.14. The Labute approximate surface area is 161 Å². The molecule has 1 amide bonds. The van der Waals surface area contributed by atoms with E-state index in [0.29, 0.717) is 37.7 Å². The number of nitrogens with one attached hydrogen (secondary N) is 1. The van der Waals surface area contributed by atoms with Crippen molar-refractivity contribution in [2.75, 3.05) is 22.8 Å². The molecule has 1 unspecified atom stereocenters. The quantitative estimate of drug-likeness (QED) is 0.844. The summed E-state index contributed by atoms with van der Waals surface area (Å²) in [6.07, 6.45) is 1.69. The van der Waals surface area contributed by atoms with Gasteiger partial charge in [0, 0.05) is 24.5 Å². The van der Waals surface area contributed by atoms with Crippen molar-refractivity contribution in [1.29, 1.82) is 0 Å². The minimum absolute atomic E-state index is 0.0913. The summed E-state index contributed by atoms with van der Waals surface area (Å²) in [5.41, 5.74) is 1.72. The van der Waals surface area contributed by atoms with Crippen molar-refractivity contribution < 1.29 is 26.7 Å². The molecule has 0 saturated carbocycles. The van der Waals surface area contributed by atoms with Gasteiger partial charge < -0.3 is 9.64 Å². The standard InChI is InChI=1S/C19H18F2N2O4S/c20-13-3-5-15(21)18(11-13)28(25,26)22-14-4-6-16-12(10-14)7-8-23(16)19(24)17-2-1-9-27-17/h3-6,10-11,17,22H,1-2,7-9H2. The van der Waals surface area contributed by atoms with Crippen molar-refractivity contribution in [1.82, 2.24) is 0 Å². The fourth-order valence-electron chi connectivity index (χ4n) is 3.53. The predicted molar refractivity (Wildman–Crippen MR) is 98.6 cm³/mol. The molecule has 6 nitrogen and oxygen atoms in total. The maximum absolute atomic E-state index is 13.8. The zero-order chi connectivity index (χ0) is 19.9. The average Bonchev–Trinajstić information content (AvgIpc) is 3.32. The number of carbonyl (C=O) groups excluding carboxylic acids is 1. The fourth-order valence-corrected chi connectivity index (χ4v) is 4.67. The fraction of sp³-hybridized carbons (Fsp3) is 0.316. The van der Waals surface area contributed by atoms with Crippen LogP contribution in [0.5, 0.6) is 0 Å². The molecule has 148 valence electrons. The van der Waals surface area contributed by atoms with Gasteiger partial charge >= 0.3 is 0 Å². The molecule has 0 bridgehead atoms. The largest absolute Gasteiger partial charge is 0.368 e.